The zero-order chi connectivity index (χ0) is 10.1. The van der Waals surface area contributed by atoms with Crippen LogP contribution in [0.1, 0.15) is 19.8 Å². The molecule has 1 spiro atoms. The minimum Gasteiger partial charge on any atom is -0.295 e. The smallest absolute Gasteiger partial charge is 0.295 e. The summed E-state index contributed by atoms with van der Waals surface area (Å²) < 4.78 is 1.52. The first-order valence-electron chi connectivity index (χ1n) is 4.87. The molecule has 0 aromatic carbocycles. The van der Waals surface area contributed by atoms with Gasteiger partial charge >= 0.3 is 5.91 Å². The van der Waals surface area contributed by atoms with Crippen molar-refractivity contribution in [1.29, 1.82) is 0 Å². The molecule has 3 atom stereocenters. The van der Waals surface area contributed by atoms with E-state index in [1.807, 2.05) is 13.0 Å². The van der Waals surface area contributed by atoms with Crippen molar-refractivity contribution < 1.29 is 14.2 Å². The Kier molecular flexibility index (Phi) is 1.10. The SMILES string of the molecule is C=[N+]1C(=O)C2(C)CC23C=CC(=O)C[C@@H]13. The summed E-state index contributed by atoms with van der Waals surface area (Å²) >= 11 is 0. The molecule has 0 radical (unpaired) electrons. The molecule has 14 heavy (non-hydrogen) atoms. The third-order valence-corrected chi connectivity index (χ3v) is 4.21. The number of carbonyl (C=O) groups excluding carboxylic acids is 2. The second kappa shape index (κ2) is 1.90. The number of amides is 1. The predicted molar refractivity (Wildman–Crippen MR) is 50.1 cm³/mol. The molecule has 0 aromatic heterocycles. The van der Waals surface area contributed by atoms with E-state index in [1.165, 1.54) is 4.58 Å². The van der Waals surface area contributed by atoms with Gasteiger partial charge in [-0.2, -0.15) is 4.58 Å². The van der Waals surface area contributed by atoms with E-state index in [2.05, 4.69) is 6.72 Å². The van der Waals surface area contributed by atoms with Gasteiger partial charge in [0.15, 0.2) is 11.8 Å². The van der Waals surface area contributed by atoms with Crippen molar-refractivity contribution in [2.75, 3.05) is 0 Å². The van der Waals surface area contributed by atoms with Crippen molar-refractivity contribution in [1.82, 2.24) is 0 Å². The zero-order valence-corrected chi connectivity index (χ0v) is 8.12. The second-order valence-corrected chi connectivity index (χ2v) is 4.84. The quantitative estimate of drug-likeness (QED) is 0.523. The van der Waals surface area contributed by atoms with E-state index in [0.29, 0.717) is 6.42 Å². The number of hydrogen-bond donors (Lipinski definition) is 0. The van der Waals surface area contributed by atoms with Crippen LogP contribution in [0.15, 0.2) is 12.2 Å². The topological polar surface area (TPSA) is 37.1 Å². The van der Waals surface area contributed by atoms with Crippen LogP contribution in [0.3, 0.4) is 0 Å². The number of hydrogen-bond acceptors (Lipinski definition) is 2. The van der Waals surface area contributed by atoms with Gasteiger partial charge in [-0.1, -0.05) is 6.08 Å². The number of ketones is 1. The highest BCUT2D eigenvalue weighted by Crippen LogP contribution is 2.72. The first kappa shape index (κ1) is 8.09. The van der Waals surface area contributed by atoms with Crippen LogP contribution in [-0.2, 0) is 9.59 Å². The molecule has 72 valence electrons. The number of piperidine rings is 1. The van der Waals surface area contributed by atoms with E-state index >= 15 is 0 Å². The monoisotopic (exact) mass is 190 g/mol. The van der Waals surface area contributed by atoms with Gasteiger partial charge in [0.05, 0.1) is 11.8 Å². The van der Waals surface area contributed by atoms with E-state index in [4.69, 9.17) is 0 Å². The van der Waals surface area contributed by atoms with Crippen LogP contribution >= 0.6 is 0 Å². The van der Waals surface area contributed by atoms with Crippen LogP contribution in [0.4, 0.5) is 0 Å². The number of rotatable bonds is 0. The Balaban J connectivity index is 2.16. The number of allylic oxidation sites excluding steroid dienone is 1. The summed E-state index contributed by atoms with van der Waals surface area (Å²) in [5.41, 5.74) is -0.337. The highest BCUT2D eigenvalue weighted by atomic mass is 16.2. The van der Waals surface area contributed by atoms with Crippen molar-refractivity contribution >= 4 is 18.4 Å². The van der Waals surface area contributed by atoms with E-state index < -0.39 is 0 Å². The summed E-state index contributed by atoms with van der Waals surface area (Å²) in [5.74, 6) is 0.208. The van der Waals surface area contributed by atoms with E-state index in [-0.39, 0.29) is 28.6 Å². The normalized spacial score (nSPS) is 49.2. The average molecular weight is 190 g/mol. The van der Waals surface area contributed by atoms with E-state index in [9.17, 15) is 9.59 Å². The highest BCUT2D eigenvalue weighted by molar-refractivity contribution is 5.95. The van der Waals surface area contributed by atoms with Crippen molar-refractivity contribution in [3.8, 4) is 0 Å². The fraction of sp³-hybridized carbons (Fsp3) is 0.545. The molecule has 3 nitrogen and oxygen atoms in total. The Morgan fingerprint density at radius 2 is 2.29 bits per heavy atom. The van der Waals surface area contributed by atoms with Gasteiger partial charge in [0.2, 0.25) is 0 Å². The lowest BCUT2D eigenvalue weighted by atomic mass is 9.84. The maximum absolute atomic E-state index is 11.9. The summed E-state index contributed by atoms with van der Waals surface area (Å²) in [6.07, 6.45) is 4.90. The maximum atomic E-state index is 11.9. The lowest BCUT2D eigenvalue weighted by Crippen LogP contribution is -2.34. The van der Waals surface area contributed by atoms with Crippen LogP contribution in [-0.4, -0.2) is 29.0 Å². The largest absolute Gasteiger partial charge is 0.393 e. The molecule has 2 unspecified atom stereocenters. The summed E-state index contributed by atoms with van der Waals surface area (Å²) in [7, 11) is 0. The Morgan fingerprint density at radius 1 is 1.57 bits per heavy atom. The van der Waals surface area contributed by atoms with E-state index in [0.717, 1.165) is 6.42 Å². The molecule has 0 N–H and O–H groups in total. The molecule has 1 amide bonds. The predicted octanol–water partition coefficient (Wildman–Crippen LogP) is 0.534. The standard InChI is InChI=1S/C11H12NO2/c1-10-6-11(10)4-3-7(13)5-8(11)12(2)9(10)14/h3-4,8H,2,5-6H2,1H3/q+1/t8-,10?,11?/m1/s1. The zero-order valence-electron chi connectivity index (χ0n) is 8.12. The van der Waals surface area contributed by atoms with Crippen LogP contribution < -0.4 is 0 Å². The maximum Gasteiger partial charge on any atom is 0.393 e. The second-order valence-electron chi connectivity index (χ2n) is 4.84. The summed E-state index contributed by atoms with van der Waals surface area (Å²) in [6.45, 7) is 5.74. The summed E-state index contributed by atoms with van der Waals surface area (Å²) in [6, 6.07) is 0.0116. The van der Waals surface area contributed by atoms with Gasteiger partial charge in [-0.25, -0.2) is 4.79 Å². The Hall–Kier alpha value is -1.25. The van der Waals surface area contributed by atoms with Gasteiger partial charge in [0, 0.05) is 0 Å². The third-order valence-electron chi connectivity index (χ3n) is 4.21. The van der Waals surface area contributed by atoms with Crippen LogP contribution in [0, 0.1) is 10.8 Å². The van der Waals surface area contributed by atoms with Gasteiger partial charge in [0.25, 0.3) is 0 Å². The number of carbonyl (C=O) groups is 2. The minimum absolute atomic E-state index is 0.0116. The molecule has 3 rings (SSSR count). The number of nitrogens with zero attached hydrogens (tertiary/aromatic N) is 1. The average Bonchev–Trinajstić information content (AvgIpc) is 2.71. The van der Waals surface area contributed by atoms with Crippen LogP contribution in [0.5, 0.6) is 0 Å². The van der Waals surface area contributed by atoms with Crippen molar-refractivity contribution in [2.45, 2.75) is 25.8 Å². The fourth-order valence-corrected chi connectivity index (χ4v) is 3.18. The molecule has 1 heterocycles. The van der Waals surface area contributed by atoms with Gasteiger partial charge in [-0.3, -0.25) is 4.79 Å². The highest BCUT2D eigenvalue weighted by Gasteiger charge is 2.83. The summed E-state index contributed by atoms with van der Waals surface area (Å²) in [5, 5.41) is 0. The van der Waals surface area contributed by atoms with Crippen LogP contribution in [0.2, 0.25) is 0 Å². The molecule has 0 aromatic rings. The molecule has 2 fully saturated rings. The molecule has 1 saturated heterocycles. The minimum atomic E-state index is -0.267. The fourth-order valence-electron chi connectivity index (χ4n) is 3.18. The molecule has 0 bridgehead atoms. The Bertz CT molecular complexity index is 423. The van der Waals surface area contributed by atoms with Gasteiger partial charge in [-0.05, 0) is 19.4 Å². The Morgan fingerprint density at radius 3 is 3.00 bits per heavy atom. The van der Waals surface area contributed by atoms with Gasteiger partial charge in [0.1, 0.15) is 12.1 Å². The molecule has 3 aliphatic rings. The Labute approximate surface area is 82.1 Å². The molecular formula is C11H12NO2+. The van der Waals surface area contributed by atoms with Gasteiger partial charge in [-0.15, -0.1) is 0 Å². The molecular weight excluding hydrogens is 178 g/mol. The molecule has 3 heteroatoms. The first-order chi connectivity index (χ1) is 6.51. The summed E-state index contributed by atoms with van der Waals surface area (Å²) in [4.78, 5) is 23.1. The van der Waals surface area contributed by atoms with Gasteiger partial charge < -0.3 is 0 Å². The van der Waals surface area contributed by atoms with Crippen molar-refractivity contribution in [3.63, 3.8) is 0 Å². The lowest BCUT2D eigenvalue weighted by Gasteiger charge is -2.17. The third kappa shape index (κ3) is 0.586. The van der Waals surface area contributed by atoms with Crippen molar-refractivity contribution in [2.24, 2.45) is 10.8 Å². The van der Waals surface area contributed by atoms with Crippen molar-refractivity contribution in [3.05, 3.63) is 12.2 Å². The molecule has 1 saturated carbocycles. The van der Waals surface area contributed by atoms with Crippen LogP contribution in [0.25, 0.3) is 0 Å². The lowest BCUT2D eigenvalue weighted by molar-refractivity contribution is -0.477. The molecule has 1 aliphatic heterocycles. The van der Waals surface area contributed by atoms with E-state index in [1.54, 1.807) is 6.08 Å². The molecule has 2 aliphatic carbocycles. The first-order valence-corrected chi connectivity index (χ1v) is 4.87.